The fourth-order valence-corrected chi connectivity index (χ4v) is 1.52. The third-order valence-electron chi connectivity index (χ3n) is 2.49. The summed E-state index contributed by atoms with van der Waals surface area (Å²) in [5, 5.41) is 3.24. The van der Waals surface area contributed by atoms with Gasteiger partial charge < -0.3 is 10.1 Å². The van der Waals surface area contributed by atoms with Crippen LogP contribution >= 0.6 is 0 Å². The molecule has 1 N–H and O–H groups in total. The Morgan fingerprint density at radius 3 is 2.61 bits per heavy atom. The van der Waals surface area contributed by atoms with Crippen molar-refractivity contribution >= 4 is 11.7 Å². The van der Waals surface area contributed by atoms with E-state index in [1.807, 2.05) is 36.4 Å². The van der Waals surface area contributed by atoms with Crippen LogP contribution in [0.25, 0.3) is 0 Å². The number of benzene rings is 1. The lowest BCUT2D eigenvalue weighted by molar-refractivity contribution is 0.0600. The van der Waals surface area contributed by atoms with Crippen LogP contribution < -0.4 is 5.32 Å². The van der Waals surface area contributed by atoms with Gasteiger partial charge in [0.1, 0.15) is 0 Å². The first-order chi connectivity index (χ1) is 8.79. The molecule has 18 heavy (non-hydrogen) atoms. The molecular weight excluding hydrogens is 228 g/mol. The minimum Gasteiger partial charge on any atom is -0.465 e. The van der Waals surface area contributed by atoms with Crippen LogP contribution in [0.1, 0.15) is 16.1 Å². The minimum atomic E-state index is -0.370. The molecule has 0 radical (unpaired) electrons. The monoisotopic (exact) mass is 242 g/mol. The molecule has 0 amide bonds. The van der Waals surface area contributed by atoms with Crippen molar-refractivity contribution in [1.82, 2.24) is 4.98 Å². The van der Waals surface area contributed by atoms with Gasteiger partial charge in [-0.25, -0.2) is 4.79 Å². The predicted molar refractivity (Wildman–Crippen MR) is 69.3 cm³/mol. The number of para-hydroxylation sites is 1. The molecule has 0 aliphatic heterocycles. The average Bonchev–Trinajstić information content (AvgIpc) is 2.46. The van der Waals surface area contributed by atoms with E-state index >= 15 is 0 Å². The largest absolute Gasteiger partial charge is 0.465 e. The minimum absolute atomic E-state index is 0.370. The number of methoxy groups -OCH3 is 1. The lowest BCUT2D eigenvalue weighted by Crippen LogP contribution is -2.05. The number of nitrogens with one attached hydrogen (secondary N) is 1. The molecule has 1 aromatic carbocycles. The topological polar surface area (TPSA) is 51.2 Å². The van der Waals surface area contributed by atoms with Crippen LogP contribution in [-0.2, 0) is 11.3 Å². The van der Waals surface area contributed by atoms with Gasteiger partial charge in [0.05, 0.1) is 24.9 Å². The zero-order chi connectivity index (χ0) is 12.8. The molecule has 92 valence electrons. The molecule has 0 aliphatic rings. The van der Waals surface area contributed by atoms with E-state index in [1.54, 1.807) is 6.07 Å². The number of esters is 1. The standard InChI is InChI=1S/C14H14N2O2/c1-18-14(17)11-7-8-13(15-9-11)10-16-12-5-3-2-4-6-12/h2-9,16H,10H2,1H3. The number of nitrogens with zero attached hydrogens (tertiary/aromatic N) is 1. The zero-order valence-corrected chi connectivity index (χ0v) is 10.1. The Morgan fingerprint density at radius 1 is 1.22 bits per heavy atom. The third kappa shape index (κ3) is 3.07. The molecular formula is C14H14N2O2. The van der Waals surface area contributed by atoms with E-state index in [2.05, 4.69) is 15.0 Å². The van der Waals surface area contributed by atoms with E-state index in [1.165, 1.54) is 13.3 Å². The molecule has 1 aromatic heterocycles. The molecule has 1 heterocycles. The van der Waals surface area contributed by atoms with Gasteiger partial charge in [-0.15, -0.1) is 0 Å². The number of carbonyl (C=O) groups excluding carboxylic acids is 1. The van der Waals surface area contributed by atoms with Crippen LogP contribution in [0.15, 0.2) is 48.7 Å². The van der Waals surface area contributed by atoms with E-state index in [0.717, 1.165) is 11.4 Å². The number of pyridine rings is 1. The van der Waals surface area contributed by atoms with Crippen molar-refractivity contribution in [3.05, 3.63) is 59.9 Å². The smallest absolute Gasteiger partial charge is 0.339 e. The van der Waals surface area contributed by atoms with Crippen molar-refractivity contribution < 1.29 is 9.53 Å². The summed E-state index contributed by atoms with van der Waals surface area (Å²) in [5.41, 5.74) is 2.36. The number of ether oxygens (including phenoxy) is 1. The van der Waals surface area contributed by atoms with Crippen LogP contribution in [0.5, 0.6) is 0 Å². The number of hydrogen-bond acceptors (Lipinski definition) is 4. The van der Waals surface area contributed by atoms with Gasteiger partial charge in [0.2, 0.25) is 0 Å². The summed E-state index contributed by atoms with van der Waals surface area (Å²) < 4.78 is 4.61. The maximum Gasteiger partial charge on any atom is 0.339 e. The highest BCUT2D eigenvalue weighted by molar-refractivity contribution is 5.88. The van der Waals surface area contributed by atoms with Gasteiger partial charge in [-0.2, -0.15) is 0 Å². The molecule has 2 aromatic rings. The first kappa shape index (κ1) is 12.1. The van der Waals surface area contributed by atoms with Crippen molar-refractivity contribution in [2.45, 2.75) is 6.54 Å². The number of hydrogen-bond donors (Lipinski definition) is 1. The second kappa shape index (κ2) is 5.82. The van der Waals surface area contributed by atoms with Crippen LogP contribution in [0.2, 0.25) is 0 Å². The highest BCUT2D eigenvalue weighted by Gasteiger charge is 2.04. The summed E-state index contributed by atoms with van der Waals surface area (Å²) in [5.74, 6) is -0.370. The Hall–Kier alpha value is -2.36. The molecule has 0 aliphatic carbocycles. The van der Waals surface area contributed by atoms with E-state index in [0.29, 0.717) is 12.1 Å². The molecule has 0 fully saturated rings. The number of anilines is 1. The SMILES string of the molecule is COC(=O)c1ccc(CNc2ccccc2)nc1. The quantitative estimate of drug-likeness (QED) is 0.837. The molecule has 0 saturated heterocycles. The highest BCUT2D eigenvalue weighted by atomic mass is 16.5. The second-order valence-corrected chi connectivity index (χ2v) is 3.75. The van der Waals surface area contributed by atoms with E-state index in [4.69, 9.17) is 0 Å². The summed E-state index contributed by atoms with van der Waals surface area (Å²) in [6, 6.07) is 13.4. The van der Waals surface area contributed by atoms with Crippen LogP contribution in [0, 0.1) is 0 Å². The Balaban J connectivity index is 1.97. The van der Waals surface area contributed by atoms with Gasteiger partial charge >= 0.3 is 5.97 Å². The summed E-state index contributed by atoms with van der Waals surface area (Å²) in [7, 11) is 1.35. The van der Waals surface area contributed by atoms with Gasteiger partial charge in [0, 0.05) is 11.9 Å². The molecule has 2 rings (SSSR count). The predicted octanol–water partition coefficient (Wildman–Crippen LogP) is 2.48. The number of rotatable bonds is 4. The third-order valence-corrected chi connectivity index (χ3v) is 2.49. The van der Waals surface area contributed by atoms with E-state index in [-0.39, 0.29) is 5.97 Å². The number of aromatic nitrogens is 1. The average molecular weight is 242 g/mol. The first-order valence-electron chi connectivity index (χ1n) is 5.62. The summed E-state index contributed by atoms with van der Waals surface area (Å²) in [4.78, 5) is 15.4. The fraction of sp³-hybridized carbons (Fsp3) is 0.143. The van der Waals surface area contributed by atoms with Crippen LogP contribution in [0.4, 0.5) is 5.69 Å². The maximum atomic E-state index is 11.2. The fourth-order valence-electron chi connectivity index (χ4n) is 1.52. The molecule has 0 spiro atoms. The highest BCUT2D eigenvalue weighted by Crippen LogP contribution is 2.08. The summed E-state index contributed by atoms with van der Waals surface area (Å²) >= 11 is 0. The van der Waals surface area contributed by atoms with Gasteiger partial charge in [-0.1, -0.05) is 18.2 Å². The Morgan fingerprint density at radius 2 is 2.00 bits per heavy atom. The van der Waals surface area contributed by atoms with Gasteiger partial charge in [0.25, 0.3) is 0 Å². The van der Waals surface area contributed by atoms with E-state index in [9.17, 15) is 4.79 Å². The second-order valence-electron chi connectivity index (χ2n) is 3.75. The Labute approximate surface area is 106 Å². The van der Waals surface area contributed by atoms with Crippen molar-refractivity contribution in [3.8, 4) is 0 Å². The molecule has 4 nitrogen and oxygen atoms in total. The molecule has 0 atom stereocenters. The van der Waals surface area contributed by atoms with Gasteiger partial charge in [-0.3, -0.25) is 4.98 Å². The lowest BCUT2D eigenvalue weighted by Gasteiger charge is -2.06. The number of carbonyl (C=O) groups is 1. The molecule has 0 unspecified atom stereocenters. The molecule has 4 heteroatoms. The van der Waals surface area contributed by atoms with E-state index < -0.39 is 0 Å². The van der Waals surface area contributed by atoms with Gasteiger partial charge in [0.15, 0.2) is 0 Å². The lowest BCUT2D eigenvalue weighted by atomic mass is 10.2. The summed E-state index contributed by atoms with van der Waals surface area (Å²) in [6.45, 7) is 0.617. The van der Waals surface area contributed by atoms with Crippen molar-refractivity contribution in [2.24, 2.45) is 0 Å². The molecule has 0 bridgehead atoms. The van der Waals surface area contributed by atoms with Crippen LogP contribution in [-0.4, -0.2) is 18.1 Å². The normalized spacial score (nSPS) is 9.83. The van der Waals surface area contributed by atoms with Crippen molar-refractivity contribution in [1.29, 1.82) is 0 Å². The summed E-state index contributed by atoms with van der Waals surface area (Å²) in [6.07, 6.45) is 1.52. The van der Waals surface area contributed by atoms with Crippen molar-refractivity contribution in [3.63, 3.8) is 0 Å². The Bertz CT molecular complexity index is 509. The van der Waals surface area contributed by atoms with Crippen LogP contribution in [0.3, 0.4) is 0 Å². The maximum absolute atomic E-state index is 11.2. The van der Waals surface area contributed by atoms with Crippen molar-refractivity contribution in [2.75, 3.05) is 12.4 Å². The molecule has 0 saturated carbocycles. The Kier molecular flexibility index (Phi) is 3.91. The zero-order valence-electron chi connectivity index (χ0n) is 10.1. The van der Waals surface area contributed by atoms with Gasteiger partial charge in [-0.05, 0) is 24.3 Å². The first-order valence-corrected chi connectivity index (χ1v) is 5.62.